The second kappa shape index (κ2) is 4.89. The number of benzene rings is 2. The zero-order valence-corrected chi connectivity index (χ0v) is 13.7. The molecule has 2 nitrogen and oxygen atoms in total. The molecule has 0 saturated carbocycles. The monoisotopic (exact) mass is 304 g/mol. The lowest BCUT2D eigenvalue weighted by Crippen LogP contribution is -1.94. The van der Waals surface area contributed by atoms with Crippen molar-refractivity contribution >= 4 is 31.5 Å². The number of aromatic nitrogens is 2. The molecule has 22 heavy (non-hydrogen) atoms. The van der Waals surface area contributed by atoms with Crippen LogP contribution < -0.4 is 0 Å². The summed E-state index contributed by atoms with van der Waals surface area (Å²) in [6.07, 6.45) is 1.85. The summed E-state index contributed by atoms with van der Waals surface area (Å²) < 4.78 is 2.66. The Morgan fingerprint density at radius 2 is 1.59 bits per heavy atom. The van der Waals surface area contributed by atoms with Crippen molar-refractivity contribution in [3.8, 4) is 11.3 Å². The second-order valence-corrected chi connectivity index (χ2v) is 6.70. The van der Waals surface area contributed by atoms with Gasteiger partial charge >= 0.3 is 0 Å². The predicted molar refractivity (Wildman–Crippen MR) is 94.6 cm³/mol. The van der Waals surface area contributed by atoms with E-state index in [1.807, 2.05) is 31.4 Å². The molecule has 0 aliphatic rings. The van der Waals surface area contributed by atoms with E-state index in [9.17, 15) is 0 Å². The van der Waals surface area contributed by atoms with Gasteiger partial charge in [-0.15, -0.1) is 11.3 Å². The molecule has 0 bridgehead atoms. The highest BCUT2D eigenvalue weighted by Crippen LogP contribution is 2.40. The predicted octanol–water partition coefficient (Wildman–Crippen LogP) is 5.44. The first-order valence-corrected chi connectivity index (χ1v) is 8.18. The van der Waals surface area contributed by atoms with Crippen LogP contribution in [0.1, 0.15) is 17.0 Å². The van der Waals surface area contributed by atoms with E-state index in [1.54, 1.807) is 0 Å². The molecule has 0 fully saturated rings. The van der Waals surface area contributed by atoms with E-state index < -0.39 is 0 Å². The second-order valence-electron chi connectivity index (χ2n) is 5.68. The highest BCUT2D eigenvalue weighted by Gasteiger charge is 2.14. The number of hydrogen-bond acceptors (Lipinski definition) is 3. The molecule has 4 rings (SSSR count). The van der Waals surface area contributed by atoms with Crippen LogP contribution >= 0.6 is 11.3 Å². The van der Waals surface area contributed by atoms with Crippen LogP contribution in [0.2, 0.25) is 0 Å². The van der Waals surface area contributed by atoms with Crippen molar-refractivity contribution in [1.29, 1.82) is 0 Å². The van der Waals surface area contributed by atoms with Gasteiger partial charge < -0.3 is 0 Å². The quantitative estimate of drug-likeness (QED) is 0.468. The maximum Gasteiger partial charge on any atom is 0.0929 e. The van der Waals surface area contributed by atoms with Crippen molar-refractivity contribution in [3.63, 3.8) is 0 Å². The number of aryl methyl sites for hydroxylation is 3. The highest BCUT2D eigenvalue weighted by molar-refractivity contribution is 7.26. The third kappa shape index (κ3) is 1.93. The van der Waals surface area contributed by atoms with Crippen molar-refractivity contribution in [1.82, 2.24) is 9.97 Å². The van der Waals surface area contributed by atoms with Crippen molar-refractivity contribution in [3.05, 3.63) is 59.5 Å². The van der Waals surface area contributed by atoms with Crippen molar-refractivity contribution in [2.45, 2.75) is 20.8 Å². The molecule has 2 heterocycles. The summed E-state index contributed by atoms with van der Waals surface area (Å²) >= 11 is 1.85. The topological polar surface area (TPSA) is 25.8 Å². The van der Waals surface area contributed by atoms with E-state index in [4.69, 9.17) is 0 Å². The van der Waals surface area contributed by atoms with E-state index in [0.29, 0.717) is 0 Å². The molecule has 0 spiro atoms. The molecule has 2 aromatic heterocycles. The van der Waals surface area contributed by atoms with Crippen LogP contribution in [0.4, 0.5) is 0 Å². The Labute approximate surface area is 133 Å². The average Bonchev–Trinajstić information content (AvgIpc) is 2.88. The number of nitrogens with zero attached hydrogens (tertiary/aromatic N) is 2. The van der Waals surface area contributed by atoms with Gasteiger partial charge in [0, 0.05) is 31.9 Å². The van der Waals surface area contributed by atoms with Crippen LogP contribution in [0.25, 0.3) is 31.4 Å². The molecule has 4 aromatic rings. The molecule has 0 radical (unpaired) electrons. The van der Waals surface area contributed by atoms with Crippen molar-refractivity contribution < 1.29 is 0 Å². The van der Waals surface area contributed by atoms with Gasteiger partial charge in [-0.1, -0.05) is 36.4 Å². The molecule has 0 aliphatic heterocycles. The molecule has 0 saturated heterocycles. The summed E-state index contributed by atoms with van der Waals surface area (Å²) in [7, 11) is 0. The molecule has 0 N–H and O–H groups in total. The lowest BCUT2D eigenvalue weighted by molar-refractivity contribution is 1.06. The van der Waals surface area contributed by atoms with Gasteiger partial charge in [-0.2, -0.15) is 0 Å². The summed E-state index contributed by atoms with van der Waals surface area (Å²) in [4.78, 5) is 9.21. The standard InChI is InChI=1S/C19H16N2S/c1-11-6-4-7-14-15-8-5-9-16(19(15)22-18(11)14)17-13(3)21-12(2)10-20-17/h4-10H,1-3H3. The van der Waals surface area contributed by atoms with E-state index in [-0.39, 0.29) is 0 Å². The molecule has 0 unspecified atom stereocenters. The zero-order chi connectivity index (χ0) is 15.3. The first-order chi connectivity index (χ1) is 10.6. The lowest BCUT2D eigenvalue weighted by atomic mass is 10.0. The third-order valence-electron chi connectivity index (χ3n) is 4.04. The smallest absolute Gasteiger partial charge is 0.0929 e. The van der Waals surface area contributed by atoms with Gasteiger partial charge in [0.15, 0.2) is 0 Å². The minimum atomic E-state index is 0.959. The Hall–Kier alpha value is -2.26. The summed E-state index contributed by atoms with van der Waals surface area (Å²) in [5.74, 6) is 0. The van der Waals surface area contributed by atoms with Gasteiger partial charge in [-0.05, 0) is 26.3 Å². The Balaban J connectivity index is 2.11. The minimum Gasteiger partial charge on any atom is -0.255 e. The molecular weight excluding hydrogens is 288 g/mol. The Kier molecular flexibility index (Phi) is 2.98. The van der Waals surface area contributed by atoms with Crippen LogP contribution in [0.15, 0.2) is 42.6 Å². The average molecular weight is 304 g/mol. The number of thiophene rings is 1. The van der Waals surface area contributed by atoms with Gasteiger partial charge in [0.2, 0.25) is 0 Å². The zero-order valence-electron chi connectivity index (χ0n) is 12.8. The number of rotatable bonds is 1. The number of hydrogen-bond donors (Lipinski definition) is 0. The fourth-order valence-electron chi connectivity index (χ4n) is 3.01. The molecule has 0 atom stereocenters. The van der Waals surface area contributed by atoms with Crippen LogP contribution in [0.3, 0.4) is 0 Å². The molecule has 2 aromatic carbocycles. The van der Waals surface area contributed by atoms with Crippen molar-refractivity contribution in [2.75, 3.05) is 0 Å². The summed E-state index contributed by atoms with van der Waals surface area (Å²) in [6, 6.07) is 13.0. The Morgan fingerprint density at radius 1 is 0.864 bits per heavy atom. The van der Waals surface area contributed by atoms with E-state index in [0.717, 1.165) is 17.1 Å². The van der Waals surface area contributed by atoms with Gasteiger partial charge in [0.05, 0.1) is 17.1 Å². The minimum absolute atomic E-state index is 0.959. The van der Waals surface area contributed by atoms with Crippen LogP contribution in [-0.4, -0.2) is 9.97 Å². The molecule has 3 heteroatoms. The Morgan fingerprint density at radius 3 is 2.36 bits per heavy atom. The van der Waals surface area contributed by atoms with Crippen LogP contribution in [0.5, 0.6) is 0 Å². The normalized spacial score (nSPS) is 11.4. The van der Waals surface area contributed by atoms with Gasteiger partial charge in [0.25, 0.3) is 0 Å². The number of fused-ring (bicyclic) bond motifs is 3. The molecule has 0 amide bonds. The van der Waals surface area contributed by atoms with Gasteiger partial charge in [0.1, 0.15) is 0 Å². The highest BCUT2D eigenvalue weighted by atomic mass is 32.1. The fraction of sp³-hybridized carbons (Fsp3) is 0.158. The van der Waals surface area contributed by atoms with Crippen molar-refractivity contribution in [2.24, 2.45) is 0 Å². The SMILES string of the molecule is Cc1cnc(-c2cccc3c2sc2c(C)cccc23)c(C)n1. The first-order valence-electron chi connectivity index (χ1n) is 7.36. The summed E-state index contributed by atoms with van der Waals surface area (Å²) in [6.45, 7) is 6.19. The maximum absolute atomic E-state index is 4.63. The largest absolute Gasteiger partial charge is 0.255 e. The fourth-order valence-corrected chi connectivity index (χ4v) is 4.29. The molecular formula is C19H16N2S. The Bertz CT molecular complexity index is 1010. The van der Waals surface area contributed by atoms with Crippen LogP contribution in [0, 0.1) is 20.8 Å². The van der Waals surface area contributed by atoms with Gasteiger partial charge in [-0.3, -0.25) is 9.97 Å². The van der Waals surface area contributed by atoms with Gasteiger partial charge in [-0.25, -0.2) is 0 Å². The van der Waals surface area contributed by atoms with E-state index in [1.165, 1.54) is 31.3 Å². The van der Waals surface area contributed by atoms with Crippen LogP contribution in [-0.2, 0) is 0 Å². The molecule has 0 aliphatic carbocycles. The molecule has 108 valence electrons. The third-order valence-corrected chi connectivity index (χ3v) is 5.43. The maximum atomic E-state index is 4.63. The van der Waals surface area contributed by atoms with E-state index in [2.05, 4.69) is 53.3 Å². The first kappa shape index (κ1) is 13.4. The summed E-state index contributed by atoms with van der Waals surface area (Å²) in [5, 5.41) is 2.64. The summed E-state index contributed by atoms with van der Waals surface area (Å²) in [5.41, 5.74) is 5.45. The lowest BCUT2D eigenvalue weighted by Gasteiger charge is -2.06. The van der Waals surface area contributed by atoms with E-state index >= 15 is 0 Å².